The molecule has 1 atom stereocenters. The summed E-state index contributed by atoms with van der Waals surface area (Å²) in [7, 11) is 1.49. The zero-order valence-corrected chi connectivity index (χ0v) is 11.8. The summed E-state index contributed by atoms with van der Waals surface area (Å²) >= 11 is 0. The SMILES string of the molecule is COc1ccc(C(=O)C2CCCCC2(C)C)c(F)c1. The van der Waals surface area contributed by atoms with Crippen molar-refractivity contribution >= 4 is 5.78 Å². The molecule has 0 amide bonds. The number of ketones is 1. The summed E-state index contributed by atoms with van der Waals surface area (Å²) < 4.78 is 19.0. The lowest BCUT2D eigenvalue weighted by Gasteiger charge is -2.37. The van der Waals surface area contributed by atoms with E-state index in [1.165, 1.54) is 13.2 Å². The number of hydrogen-bond acceptors (Lipinski definition) is 2. The Balaban J connectivity index is 2.28. The minimum Gasteiger partial charge on any atom is -0.497 e. The second-order valence-electron chi connectivity index (χ2n) is 6.00. The molecule has 104 valence electrons. The quantitative estimate of drug-likeness (QED) is 0.763. The van der Waals surface area contributed by atoms with E-state index in [9.17, 15) is 9.18 Å². The van der Waals surface area contributed by atoms with Gasteiger partial charge in [0.25, 0.3) is 0 Å². The van der Waals surface area contributed by atoms with Crippen LogP contribution in [0.15, 0.2) is 18.2 Å². The van der Waals surface area contributed by atoms with Crippen LogP contribution >= 0.6 is 0 Å². The minimum atomic E-state index is -0.481. The Morgan fingerprint density at radius 2 is 2.11 bits per heavy atom. The third-order valence-corrected chi connectivity index (χ3v) is 4.27. The van der Waals surface area contributed by atoms with E-state index in [1.807, 2.05) is 0 Å². The standard InChI is InChI=1S/C16H21FO2/c1-16(2)9-5-4-6-13(16)15(18)12-8-7-11(19-3)10-14(12)17/h7-8,10,13H,4-6,9H2,1-3H3. The number of methoxy groups -OCH3 is 1. The van der Waals surface area contributed by atoms with Gasteiger partial charge in [0.1, 0.15) is 11.6 Å². The number of carbonyl (C=O) groups is 1. The smallest absolute Gasteiger partial charge is 0.169 e. The lowest BCUT2D eigenvalue weighted by Crippen LogP contribution is -2.34. The average Bonchev–Trinajstić information content (AvgIpc) is 2.37. The van der Waals surface area contributed by atoms with E-state index in [1.54, 1.807) is 12.1 Å². The molecule has 1 aliphatic carbocycles. The number of carbonyl (C=O) groups excluding carboxylic acids is 1. The first-order chi connectivity index (χ1) is 8.95. The zero-order valence-electron chi connectivity index (χ0n) is 11.8. The van der Waals surface area contributed by atoms with E-state index in [0.29, 0.717) is 5.75 Å². The van der Waals surface area contributed by atoms with Crippen LogP contribution in [0.2, 0.25) is 0 Å². The lowest BCUT2D eigenvalue weighted by atomic mass is 9.66. The highest BCUT2D eigenvalue weighted by Crippen LogP contribution is 2.42. The van der Waals surface area contributed by atoms with Crippen molar-refractivity contribution in [3.63, 3.8) is 0 Å². The number of ether oxygens (including phenoxy) is 1. The highest BCUT2D eigenvalue weighted by atomic mass is 19.1. The van der Waals surface area contributed by atoms with Gasteiger partial charge >= 0.3 is 0 Å². The molecule has 0 saturated heterocycles. The van der Waals surface area contributed by atoms with Crippen LogP contribution < -0.4 is 4.74 Å². The topological polar surface area (TPSA) is 26.3 Å². The molecule has 0 spiro atoms. The Morgan fingerprint density at radius 1 is 1.37 bits per heavy atom. The first-order valence-corrected chi connectivity index (χ1v) is 6.83. The molecule has 0 heterocycles. The summed E-state index contributed by atoms with van der Waals surface area (Å²) in [6.07, 6.45) is 4.10. The number of hydrogen-bond donors (Lipinski definition) is 0. The monoisotopic (exact) mass is 264 g/mol. The van der Waals surface area contributed by atoms with E-state index in [-0.39, 0.29) is 22.7 Å². The van der Waals surface area contributed by atoms with Crippen LogP contribution in [0, 0.1) is 17.2 Å². The van der Waals surface area contributed by atoms with Crippen molar-refractivity contribution in [1.82, 2.24) is 0 Å². The van der Waals surface area contributed by atoms with E-state index in [4.69, 9.17) is 4.74 Å². The van der Waals surface area contributed by atoms with Crippen molar-refractivity contribution in [2.45, 2.75) is 39.5 Å². The summed E-state index contributed by atoms with van der Waals surface area (Å²) in [6, 6.07) is 4.47. The van der Waals surface area contributed by atoms with Gasteiger partial charge in [0.2, 0.25) is 0 Å². The molecule has 1 aliphatic rings. The molecular formula is C16H21FO2. The maximum Gasteiger partial charge on any atom is 0.169 e. The molecule has 0 aliphatic heterocycles. The molecule has 0 radical (unpaired) electrons. The Labute approximate surface area is 114 Å². The maximum atomic E-state index is 14.0. The Bertz CT molecular complexity index is 480. The van der Waals surface area contributed by atoms with E-state index >= 15 is 0 Å². The van der Waals surface area contributed by atoms with Crippen LogP contribution in [0.25, 0.3) is 0 Å². The zero-order chi connectivity index (χ0) is 14.0. The van der Waals surface area contributed by atoms with Gasteiger partial charge in [-0.3, -0.25) is 4.79 Å². The fourth-order valence-corrected chi connectivity index (χ4v) is 2.99. The number of halogens is 1. The summed E-state index contributed by atoms with van der Waals surface area (Å²) in [6.45, 7) is 4.21. The molecular weight excluding hydrogens is 243 g/mol. The number of benzene rings is 1. The molecule has 19 heavy (non-hydrogen) atoms. The van der Waals surface area contributed by atoms with Crippen LogP contribution in [0.5, 0.6) is 5.75 Å². The van der Waals surface area contributed by atoms with Crippen molar-refractivity contribution in [3.8, 4) is 5.75 Å². The van der Waals surface area contributed by atoms with Gasteiger partial charge in [-0.2, -0.15) is 0 Å². The van der Waals surface area contributed by atoms with Gasteiger partial charge in [-0.05, 0) is 30.4 Å². The van der Waals surface area contributed by atoms with Crippen LogP contribution in [0.3, 0.4) is 0 Å². The van der Waals surface area contributed by atoms with Gasteiger partial charge in [-0.15, -0.1) is 0 Å². The highest BCUT2D eigenvalue weighted by Gasteiger charge is 2.38. The van der Waals surface area contributed by atoms with Crippen molar-refractivity contribution in [2.24, 2.45) is 11.3 Å². The van der Waals surface area contributed by atoms with Crippen LogP contribution in [-0.2, 0) is 0 Å². The Kier molecular flexibility index (Phi) is 3.93. The largest absolute Gasteiger partial charge is 0.497 e. The van der Waals surface area contributed by atoms with E-state index in [0.717, 1.165) is 25.7 Å². The fourth-order valence-electron chi connectivity index (χ4n) is 2.99. The second kappa shape index (κ2) is 5.32. The third-order valence-electron chi connectivity index (χ3n) is 4.27. The summed E-state index contributed by atoms with van der Waals surface area (Å²) in [5.41, 5.74) is 0.155. The van der Waals surface area contributed by atoms with Crippen molar-refractivity contribution in [2.75, 3.05) is 7.11 Å². The summed E-state index contributed by atoms with van der Waals surface area (Å²) in [5, 5.41) is 0. The predicted octanol–water partition coefficient (Wildman–Crippen LogP) is 4.23. The maximum absolute atomic E-state index is 14.0. The Morgan fingerprint density at radius 3 is 2.68 bits per heavy atom. The second-order valence-corrected chi connectivity index (χ2v) is 6.00. The minimum absolute atomic E-state index is 0.0400. The van der Waals surface area contributed by atoms with E-state index < -0.39 is 5.82 Å². The van der Waals surface area contributed by atoms with Crippen molar-refractivity contribution in [1.29, 1.82) is 0 Å². The highest BCUT2D eigenvalue weighted by molar-refractivity contribution is 5.98. The molecule has 1 aromatic carbocycles. The molecule has 1 unspecified atom stereocenters. The normalized spacial score (nSPS) is 22.0. The van der Waals surface area contributed by atoms with Gasteiger partial charge in [-0.1, -0.05) is 26.7 Å². The third kappa shape index (κ3) is 2.80. The molecule has 3 heteroatoms. The molecule has 2 nitrogen and oxygen atoms in total. The molecule has 1 saturated carbocycles. The molecule has 0 N–H and O–H groups in total. The first kappa shape index (κ1) is 14.0. The average molecular weight is 264 g/mol. The fraction of sp³-hybridized carbons (Fsp3) is 0.562. The van der Waals surface area contributed by atoms with Crippen molar-refractivity contribution in [3.05, 3.63) is 29.6 Å². The van der Waals surface area contributed by atoms with Gasteiger partial charge in [0.15, 0.2) is 5.78 Å². The van der Waals surface area contributed by atoms with Crippen molar-refractivity contribution < 1.29 is 13.9 Å². The van der Waals surface area contributed by atoms with Gasteiger partial charge in [-0.25, -0.2) is 4.39 Å². The van der Waals surface area contributed by atoms with Crippen LogP contribution in [0.1, 0.15) is 49.9 Å². The van der Waals surface area contributed by atoms with Gasteiger partial charge < -0.3 is 4.74 Å². The Hall–Kier alpha value is -1.38. The molecule has 0 aromatic heterocycles. The summed E-state index contributed by atoms with van der Waals surface area (Å²) in [5.74, 6) is -0.184. The molecule has 0 bridgehead atoms. The van der Waals surface area contributed by atoms with Crippen LogP contribution in [-0.4, -0.2) is 12.9 Å². The van der Waals surface area contributed by atoms with E-state index in [2.05, 4.69) is 13.8 Å². The number of Topliss-reactive ketones (excluding diaryl/α,β-unsaturated/α-hetero) is 1. The lowest BCUT2D eigenvalue weighted by molar-refractivity contribution is 0.0693. The van der Waals surface area contributed by atoms with Gasteiger partial charge in [0, 0.05) is 12.0 Å². The molecule has 1 aromatic rings. The summed E-state index contributed by atoms with van der Waals surface area (Å²) in [4.78, 5) is 12.6. The van der Waals surface area contributed by atoms with Gasteiger partial charge in [0.05, 0.1) is 12.7 Å². The predicted molar refractivity (Wildman–Crippen MR) is 73.0 cm³/mol. The van der Waals surface area contributed by atoms with Crippen LogP contribution in [0.4, 0.5) is 4.39 Å². The number of rotatable bonds is 3. The first-order valence-electron chi connectivity index (χ1n) is 6.83. The molecule has 1 fully saturated rings. The molecule has 2 rings (SSSR count).